The van der Waals surface area contributed by atoms with Crippen LogP contribution in [0, 0.1) is 17.5 Å². The molecule has 0 bridgehead atoms. The number of nitrogens with zero attached hydrogens (tertiary/aromatic N) is 2. The molecule has 1 unspecified atom stereocenters. The third-order valence-electron chi connectivity index (χ3n) is 4.32. The first-order valence-corrected chi connectivity index (χ1v) is 8.31. The van der Waals surface area contributed by atoms with Crippen LogP contribution < -0.4 is 10.6 Å². The van der Waals surface area contributed by atoms with E-state index in [9.17, 15) is 18.0 Å². The van der Waals surface area contributed by atoms with Crippen LogP contribution in [0.25, 0.3) is 11.3 Å². The van der Waals surface area contributed by atoms with Gasteiger partial charge in [-0.05, 0) is 48.0 Å². The summed E-state index contributed by atoms with van der Waals surface area (Å²) in [7, 11) is 0. The molecule has 27 heavy (non-hydrogen) atoms. The lowest BCUT2D eigenvalue weighted by molar-refractivity contribution is 0.0900. The van der Waals surface area contributed by atoms with E-state index in [1.807, 2.05) is 0 Å². The number of fused-ring (bicyclic) bond motifs is 1. The number of rotatable bonds is 4. The Labute approximate surface area is 152 Å². The number of carbonyl (C=O) groups excluding carboxylic acids is 1. The number of carbonyl (C=O) groups is 1. The summed E-state index contributed by atoms with van der Waals surface area (Å²) in [4.78, 5) is 12.1. The van der Waals surface area contributed by atoms with Crippen LogP contribution in [0.15, 0.2) is 48.5 Å². The third-order valence-corrected chi connectivity index (χ3v) is 4.32. The van der Waals surface area contributed by atoms with Gasteiger partial charge < -0.3 is 5.32 Å². The quantitative estimate of drug-likeness (QED) is 0.740. The second-order valence-electron chi connectivity index (χ2n) is 6.25. The number of nitrogens with one attached hydrogen (secondary N) is 2. The van der Waals surface area contributed by atoms with Gasteiger partial charge in [-0.2, -0.15) is 5.10 Å². The molecule has 0 aliphatic carbocycles. The van der Waals surface area contributed by atoms with Crippen molar-refractivity contribution in [3.8, 4) is 11.3 Å². The highest BCUT2D eigenvalue weighted by molar-refractivity contribution is 5.94. The van der Waals surface area contributed by atoms with E-state index >= 15 is 0 Å². The second kappa shape index (κ2) is 6.88. The zero-order valence-electron chi connectivity index (χ0n) is 14.0. The van der Waals surface area contributed by atoms with Crippen LogP contribution in [-0.4, -0.2) is 22.2 Å². The van der Waals surface area contributed by atoms with Crippen molar-refractivity contribution in [2.45, 2.75) is 12.7 Å². The summed E-state index contributed by atoms with van der Waals surface area (Å²) in [5, 5.41) is 10.3. The summed E-state index contributed by atoms with van der Waals surface area (Å²) in [6, 6.07) is 10.7. The summed E-state index contributed by atoms with van der Waals surface area (Å²) < 4.78 is 41.3. The normalized spacial score (nSPS) is 16.1. The average Bonchev–Trinajstić information content (AvgIpc) is 3.07. The summed E-state index contributed by atoms with van der Waals surface area (Å²) in [6.45, 7) is 0.467. The summed E-state index contributed by atoms with van der Waals surface area (Å²) >= 11 is 0. The molecule has 8 heteroatoms. The maximum absolute atomic E-state index is 13.3. The Kier molecular flexibility index (Phi) is 4.41. The van der Waals surface area contributed by atoms with Crippen molar-refractivity contribution in [3.05, 3.63) is 77.2 Å². The fourth-order valence-corrected chi connectivity index (χ4v) is 3.04. The van der Waals surface area contributed by atoms with E-state index < -0.39 is 17.8 Å². The number of hydrogen-bond donors (Lipinski definition) is 2. The third kappa shape index (κ3) is 3.56. The van der Waals surface area contributed by atoms with Crippen LogP contribution in [0.5, 0.6) is 0 Å². The first-order chi connectivity index (χ1) is 13.0. The zero-order chi connectivity index (χ0) is 19.0. The van der Waals surface area contributed by atoms with Gasteiger partial charge in [0, 0.05) is 18.2 Å². The highest BCUT2D eigenvalue weighted by Gasteiger charge is 2.27. The lowest BCUT2D eigenvalue weighted by Crippen LogP contribution is -2.45. The van der Waals surface area contributed by atoms with Crippen molar-refractivity contribution in [3.63, 3.8) is 0 Å². The molecular weight excluding hydrogens is 357 g/mol. The molecule has 1 aromatic heterocycles. The van der Waals surface area contributed by atoms with E-state index in [-0.39, 0.29) is 24.8 Å². The molecule has 2 N–H and O–H groups in total. The molecule has 0 fully saturated rings. The predicted octanol–water partition coefficient (Wildman–Crippen LogP) is 3.00. The number of hydrogen-bond acceptors (Lipinski definition) is 3. The number of amides is 1. The van der Waals surface area contributed by atoms with Crippen LogP contribution in [0.3, 0.4) is 0 Å². The topological polar surface area (TPSA) is 59.0 Å². The van der Waals surface area contributed by atoms with Crippen molar-refractivity contribution in [1.82, 2.24) is 20.4 Å². The molecule has 3 aromatic rings. The van der Waals surface area contributed by atoms with Gasteiger partial charge in [-0.15, -0.1) is 0 Å². The standard InChI is InChI=1S/C19H15F3N4O/c20-13-3-1-12(2-4-13)16-8-17-19(27)24-10-18(26(17)25-16)23-9-11-5-14(21)7-15(22)6-11/h1-8,18,23H,9-10H2,(H,24,27). The van der Waals surface area contributed by atoms with Gasteiger partial charge in [0.05, 0.1) is 12.2 Å². The first-order valence-electron chi connectivity index (χ1n) is 8.31. The fourth-order valence-electron chi connectivity index (χ4n) is 3.04. The zero-order valence-corrected chi connectivity index (χ0v) is 14.0. The molecule has 0 radical (unpaired) electrons. The highest BCUT2D eigenvalue weighted by atomic mass is 19.1. The summed E-state index contributed by atoms with van der Waals surface area (Å²) in [6.07, 6.45) is -0.391. The van der Waals surface area contributed by atoms with Gasteiger partial charge in [0.15, 0.2) is 0 Å². The lowest BCUT2D eigenvalue weighted by Gasteiger charge is -2.25. The van der Waals surface area contributed by atoms with Crippen molar-refractivity contribution in [2.24, 2.45) is 0 Å². The van der Waals surface area contributed by atoms with Crippen LogP contribution in [0.2, 0.25) is 0 Å². The Morgan fingerprint density at radius 1 is 1.04 bits per heavy atom. The molecule has 4 rings (SSSR count). The second-order valence-corrected chi connectivity index (χ2v) is 6.25. The Morgan fingerprint density at radius 2 is 1.74 bits per heavy atom. The summed E-state index contributed by atoms with van der Waals surface area (Å²) in [5.41, 5.74) is 2.00. The maximum Gasteiger partial charge on any atom is 0.269 e. The van der Waals surface area contributed by atoms with E-state index in [1.54, 1.807) is 18.2 Å². The predicted molar refractivity (Wildman–Crippen MR) is 92.2 cm³/mol. The van der Waals surface area contributed by atoms with E-state index in [0.717, 1.165) is 6.07 Å². The van der Waals surface area contributed by atoms with Gasteiger partial charge in [0.2, 0.25) is 0 Å². The van der Waals surface area contributed by atoms with Crippen LogP contribution in [0.1, 0.15) is 22.2 Å². The van der Waals surface area contributed by atoms with Crippen molar-refractivity contribution < 1.29 is 18.0 Å². The molecule has 1 aliphatic heterocycles. The molecule has 5 nitrogen and oxygen atoms in total. The molecular formula is C19H15F3N4O. The molecule has 2 heterocycles. The molecule has 2 aromatic carbocycles. The van der Waals surface area contributed by atoms with E-state index in [2.05, 4.69) is 15.7 Å². The van der Waals surface area contributed by atoms with Gasteiger partial charge in [0.25, 0.3) is 5.91 Å². The van der Waals surface area contributed by atoms with Gasteiger partial charge in [-0.3, -0.25) is 10.1 Å². The van der Waals surface area contributed by atoms with Gasteiger partial charge >= 0.3 is 0 Å². The maximum atomic E-state index is 13.3. The van der Waals surface area contributed by atoms with Crippen LogP contribution in [0.4, 0.5) is 13.2 Å². The van der Waals surface area contributed by atoms with E-state index in [0.29, 0.717) is 22.5 Å². The fraction of sp³-hybridized carbons (Fsp3) is 0.158. The largest absolute Gasteiger partial charge is 0.347 e. The number of benzene rings is 2. The van der Waals surface area contributed by atoms with Gasteiger partial charge in [-0.25, -0.2) is 17.9 Å². The Hall–Kier alpha value is -3.13. The highest BCUT2D eigenvalue weighted by Crippen LogP contribution is 2.23. The lowest BCUT2D eigenvalue weighted by atomic mass is 10.1. The minimum atomic E-state index is -0.651. The van der Waals surface area contributed by atoms with Crippen LogP contribution >= 0.6 is 0 Å². The minimum absolute atomic E-state index is 0.195. The number of aromatic nitrogens is 2. The Balaban J connectivity index is 1.59. The van der Waals surface area contributed by atoms with Crippen molar-refractivity contribution >= 4 is 5.91 Å². The Morgan fingerprint density at radius 3 is 2.44 bits per heavy atom. The number of halogens is 3. The van der Waals surface area contributed by atoms with Crippen molar-refractivity contribution in [2.75, 3.05) is 6.54 Å². The Bertz CT molecular complexity index is 980. The smallest absolute Gasteiger partial charge is 0.269 e. The summed E-state index contributed by atoms with van der Waals surface area (Å²) in [5.74, 6) is -1.93. The van der Waals surface area contributed by atoms with E-state index in [4.69, 9.17) is 0 Å². The van der Waals surface area contributed by atoms with Gasteiger partial charge in [-0.1, -0.05) is 0 Å². The molecule has 0 saturated carbocycles. The molecule has 0 spiro atoms. The van der Waals surface area contributed by atoms with Gasteiger partial charge in [0.1, 0.15) is 29.3 Å². The minimum Gasteiger partial charge on any atom is -0.347 e. The van der Waals surface area contributed by atoms with Crippen LogP contribution in [-0.2, 0) is 6.54 Å². The molecule has 138 valence electrons. The SMILES string of the molecule is O=C1NCC(NCc2cc(F)cc(F)c2)n2nc(-c3ccc(F)cc3)cc21. The molecule has 0 saturated heterocycles. The first kappa shape index (κ1) is 17.3. The van der Waals surface area contributed by atoms with Crippen molar-refractivity contribution in [1.29, 1.82) is 0 Å². The molecule has 1 aliphatic rings. The monoisotopic (exact) mass is 372 g/mol. The van der Waals surface area contributed by atoms with E-state index in [1.165, 1.54) is 28.9 Å². The molecule has 1 amide bonds. The molecule has 1 atom stereocenters. The average molecular weight is 372 g/mol.